The van der Waals surface area contributed by atoms with Gasteiger partial charge in [0.2, 0.25) is 5.88 Å². The molecule has 2 aliphatic rings. The number of aromatic nitrogens is 3. The van der Waals surface area contributed by atoms with Crippen molar-refractivity contribution in [1.82, 2.24) is 19.2 Å². The number of carbonyl (C=O) groups is 1. The van der Waals surface area contributed by atoms with Gasteiger partial charge in [0, 0.05) is 38.4 Å². The van der Waals surface area contributed by atoms with Crippen LogP contribution in [0.5, 0.6) is 5.88 Å². The van der Waals surface area contributed by atoms with E-state index in [1.54, 1.807) is 6.20 Å². The van der Waals surface area contributed by atoms with Crippen molar-refractivity contribution >= 4 is 5.91 Å². The highest BCUT2D eigenvalue weighted by Crippen LogP contribution is 2.33. The molecule has 6 heteroatoms. The lowest BCUT2D eigenvalue weighted by Gasteiger charge is -2.30. The lowest BCUT2D eigenvalue weighted by atomic mass is 10.1. The lowest BCUT2D eigenvalue weighted by molar-refractivity contribution is 0.0668. The van der Waals surface area contributed by atoms with E-state index in [1.165, 1.54) is 12.1 Å². The van der Waals surface area contributed by atoms with Crippen LogP contribution in [0.2, 0.25) is 0 Å². The Bertz CT molecular complexity index is 733. The molecule has 0 aromatic carbocycles. The number of hydrogen-bond donors (Lipinski definition) is 0. The van der Waals surface area contributed by atoms with Crippen LogP contribution in [0, 0.1) is 0 Å². The van der Waals surface area contributed by atoms with Gasteiger partial charge < -0.3 is 14.2 Å². The minimum absolute atomic E-state index is 0.0475. The fraction of sp³-hybridized carbons (Fsp3) is 0.556. The average molecular weight is 328 g/mol. The first-order valence-corrected chi connectivity index (χ1v) is 8.86. The first-order valence-electron chi connectivity index (χ1n) is 8.86. The van der Waals surface area contributed by atoms with Gasteiger partial charge in [0.15, 0.2) is 0 Å². The van der Waals surface area contributed by atoms with Gasteiger partial charge in [0.05, 0.1) is 18.8 Å². The van der Waals surface area contributed by atoms with Gasteiger partial charge >= 0.3 is 0 Å². The summed E-state index contributed by atoms with van der Waals surface area (Å²) in [6, 6.07) is 4.30. The molecule has 1 saturated heterocycles. The summed E-state index contributed by atoms with van der Waals surface area (Å²) in [5.41, 5.74) is 1.81. The van der Waals surface area contributed by atoms with Crippen LogP contribution in [-0.4, -0.2) is 38.3 Å². The number of aryl methyl sites for hydroxylation is 2. The van der Waals surface area contributed by atoms with Crippen molar-refractivity contribution in [1.29, 1.82) is 0 Å². The normalized spacial score (nSPS) is 21.0. The average Bonchev–Trinajstić information content (AvgIpc) is 3.13. The summed E-state index contributed by atoms with van der Waals surface area (Å²) < 4.78 is 9.67. The molecule has 128 valence electrons. The molecule has 2 aliphatic heterocycles. The summed E-state index contributed by atoms with van der Waals surface area (Å²) in [4.78, 5) is 15.3. The van der Waals surface area contributed by atoms with Crippen LogP contribution in [-0.2, 0) is 13.6 Å². The summed E-state index contributed by atoms with van der Waals surface area (Å²) in [6.45, 7) is 2.27. The Morgan fingerprint density at radius 2 is 2.17 bits per heavy atom. The van der Waals surface area contributed by atoms with Crippen molar-refractivity contribution in [3.05, 3.63) is 35.8 Å². The summed E-state index contributed by atoms with van der Waals surface area (Å²) in [7, 11) is 2.05. The second-order valence-corrected chi connectivity index (χ2v) is 6.70. The number of carbonyl (C=O) groups excluding carboxylic acids is 1. The van der Waals surface area contributed by atoms with Crippen molar-refractivity contribution in [2.24, 2.45) is 7.05 Å². The Morgan fingerprint density at radius 3 is 3.00 bits per heavy atom. The minimum Gasteiger partial charge on any atom is -0.477 e. The lowest BCUT2D eigenvalue weighted by Crippen LogP contribution is -2.36. The molecular weight excluding hydrogens is 304 g/mol. The third-order valence-electron chi connectivity index (χ3n) is 5.11. The molecule has 0 spiro atoms. The zero-order valence-corrected chi connectivity index (χ0v) is 14.1. The Kier molecular flexibility index (Phi) is 4.04. The number of likely N-dealkylation sites (tertiary alicyclic amines) is 1. The molecule has 2 aromatic heterocycles. The summed E-state index contributed by atoms with van der Waals surface area (Å²) >= 11 is 0. The molecule has 1 unspecified atom stereocenters. The zero-order chi connectivity index (χ0) is 16.5. The van der Waals surface area contributed by atoms with E-state index < -0.39 is 0 Å². The summed E-state index contributed by atoms with van der Waals surface area (Å²) in [6.07, 6.45) is 9.06. The predicted molar refractivity (Wildman–Crippen MR) is 90.0 cm³/mol. The molecule has 1 atom stereocenters. The van der Waals surface area contributed by atoms with Crippen LogP contribution in [0.3, 0.4) is 0 Å². The third kappa shape index (κ3) is 2.60. The SMILES string of the molecule is Cn1cccc1C1CCCCCN1C(=O)c1cnn2c1OCCC2. The quantitative estimate of drug-likeness (QED) is 0.852. The van der Waals surface area contributed by atoms with Crippen LogP contribution >= 0.6 is 0 Å². The van der Waals surface area contributed by atoms with Crippen LogP contribution in [0.4, 0.5) is 0 Å². The molecule has 1 fully saturated rings. The van der Waals surface area contributed by atoms with Crippen LogP contribution < -0.4 is 4.74 Å². The highest BCUT2D eigenvalue weighted by Gasteiger charge is 2.32. The number of nitrogens with zero attached hydrogens (tertiary/aromatic N) is 4. The number of ether oxygens (including phenoxy) is 1. The van der Waals surface area contributed by atoms with Crippen molar-refractivity contribution in [3.63, 3.8) is 0 Å². The molecule has 0 bridgehead atoms. The topological polar surface area (TPSA) is 52.3 Å². The molecule has 2 aromatic rings. The van der Waals surface area contributed by atoms with E-state index >= 15 is 0 Å². The van der Waals surface area contributed by atoms with Crippen molar-refractivity contribution < 1.29 is 9.53 Å². The molecule has 4 heterocycles. The second kappa shape index (κ2) is 6.34. The molecule has 6 nitrogen and oxygen atoms in total. The van der Waals surface area contributed by atoms with Gasteiger partial charge in [0.1, 0.15) is 5.56 Å². The number of amides is 1. The van der Waals surface area contributed by atoms with E-state index in [0.29, 0.717) is 18.1 Å². The Balaban J connectivity index is 1.68. The minimum atomic E-state index is 0.0475. The maximum atomic E-state index is 13.3. The van der Waals surface area contributed by atoms with Crippen LogP contribution in [0.25, 0.3) is 0 Å². The van der Waals surface area contributed by atoms with E-state index in [2.05, 4.69) is 15.7 Å². The maximum absolute atomic E-state index is 13.3. The fourth-order valence-corrected chi connectivity index (χ4v) is 3.85. The van der Waals surface area contributed by atoms with Gasteiger partial charge in [-0.25, -0.2) is 4.68 Å². The number of rotatable bonds is 2. The standard InChI is InChI=1S/C18H24N4O2/c1-20-9-5-8-15(20)16-7-3-2-4-10-21(16)17(23)14-13-19-22-11-6-12-24-18(14)22/h5,8-9,13,16H,2-4,6-7,10-12H2,1H3. The Labute approximate surface area is 142 Å². The Hall–Kier alpha value is -2.24. The predicted octanol–water partition coefficient (Wildman–Crippen LogP) is 2.76. The largest absolute Gasteiger partial charge is 0.477 e. The van der Waals surface area contributed by atoms with Gasteiger partial charge in [-0.05, 0) is 25.0 Å². The molecule has 4 rings (SSSR count). The van der Waals surface area contributed by atoms with Gasteiger partial charge in [-0.1, -0.05) is 12.8 Å². The smallest absolute Gasteiger partial charge is 0.261 e. The molecular formula is C18H24N4O2. The van der Waals surface area contributed by atoms with Gasteiger partial charge in [-0.2, -0.15) is 5.10 Å². The van der Waals surface area contributed by atoms with Crippen molar-refractivity contribution in [2.75, 3.05) is 13.2 Å². The van der Waals surface area contributed by atoms with Crippen LogP contribution in [0.15, 0.2) is 24.5 Å². The third-order valence-corrected chi connectivity index (χ3v) is 5.11. The zero-order valence-electron chi connectivity index (χ0n) is 14.1. The summed E-state index contributed by atoms with van der Waals surface area (Å²) in [5, 5.41) is 4.34. The molecule has 24 heavy (non-hydrogen) atoms. The maximum Gasteiger partial charge on any atom is 0.261 e. The van der Waals surface area contributed by atoms with Gasteiger partial charge in [-0.15, -0.1) is 0 Å². The van der Waals surface area contributed by atoms with E-state index in [4.69, 9.17) is 4.74 Å². The van der Waals surface area contributed by atoms with E-state index in [-0.39, 0.29) is 11.9 Å². The molecule has 0 aliphatic carbocycles. The fourth-order valence-electron chi connectivity index (χ4n) is 3.85. The van der Waals surface area contributed by atoms with Gasteiger partial charge in [0.25, 0.3) is 5.91 Å². The van der Waals surface area contributed by atoms with Crippen molar-refractivity contribution in [3.8, 4) is 5.88 Å². The number of hydrogen-bond acceptors (Lipinski definition) is 3. The van der Waals surface area contributed by atoms with E-state index in [0.717, 1.165) is 38.8 Å². The highest BCUT2D eigenvalue weighted by atomic mass is 16.5. The highest BCUT2D eigenvalue weighted by molar-refractivity contribution is 5.96. The molecule has 0 N–H and O–H groups in total. The van der Waals surface area contributed by atoms with Gasteiger partial charge in [-0.3, -0.25) is 4.79 Å². The first-order chi connectivity index (χ1) is 11.8. The van der Waals surface area contributed by atoms with Crippen molar-refractivity contribution in [2.45, 2.75) is 44.7 Å². The van der Waals surface area contributed by atoms with E-state index in [1.807, 2.05) is 28.9 Å². The summed E-state index contributed by atoms with van der Waals surface area (Å²) in [5.74, 6) is 0.687. The second-order valence-electron chi connectivity index (χ2n) is 6.70. The Morgan fingerprint density at radius 1 is 1.25 bits per heavy atom. The molecule has 0 radical (unpaired) electrons. The first kappa shape index (κ1) is 15.3. The number of fused-ring (bicyclic) bond motifs is 1. The monoisotopic (exact) mass is 328 g/mol. The molecule has 0 saturated carbocycles. The van der Waals surface area contributed by atoms with E-state index in [9.17, 15) is 4.79 Å². The van der Waals surface area contributed by atoms with Crippen LogP contribution in [0.1, 0.15) is 54.2 Å². The molecule has 1 amide bonds.